The number of nitrogens with zero attached hydrogens (tertiary/aromatic N) is 1. The lowest BCUT2D eigenvalue weighted by Gasteiger charge is -2.15. The van der Waals surface area contributed by atoms with Gasteiger partial charge in [-0.2, -0.15) is 0 Å². The SMILES string of the molecule is CCc1cnccc1C(O)c1ccccc1F. The van der Waals surface area contributed by atoms with E-state index < -0.39 is 6.10 Å². The highest BCUT2D eigenvalue weighted by Crippen LogP contribution is 2.26. The zero-order chi connectivity index (χ0) is 12.3. The van der Waals surface area contributed by atoms with Crippen LogP contribution >= 0.6 is 0 Å². The van der Waals surface area contributed by atoms with E-state index in [4.69, 9.17) is 0 Å². The van der Waals surface area contributed by atoms with Crippen LogP contribution in [0, 0.1) is 5.82 Å². The predicted octanol–water partition coefficient (Wildman–Crippen LogP) is 2.86. The molecule has 2 nitrogen and oxygen atoms in total. The lowest BCUT2D eigenvalue weighted by Crippen LogP contribution is -2.05. The van der Waals surface area contributed by atoms with E-state index in [0.29, 0.717) is 11.1 Å². The van der Waals surface area contributed by atoms with E-state index in [1.54, 1.807) is 36.7 Å². The van der Waals surface area contributed by atoms with Crippen LogP contribution in [0.25, 0.3) is 0 Å². The molecular weight excluding hydrogens is 217 g/mol. The summed E-state index contributed by atoms with van der Waals surface area (Å²) < 4.78 is 13.6. The van der Waals surface area contributed by atoms with Crippen LogP contribution in [0.3, 0.4) is 0 Å². The Morgan fingerprint density at radius 3 is 2.71 bits per heavy atom. The van der Waals surface area contributed by atoms with E-state index in [-0.39, 0.29) is 5.82 Å². The Bertz CT molecular complexity index is 513. The standard InChI is InChI=1S/C14H14FNO/c1-2-10-9-16-8-7-11(10)14(17)12-5-3-4-6-13(12)15/h3-9,14,17H,2H2,1H3. The molecule has 0 saturated carbocycles. The molecule has 2 rings (SSSR count). The number of benzene rings is 1. The summed E-state index contributed by atoms with van der Waals surface area (Å²) in [6.45, 7) is 1.98. The number of aryl methyl sites for hydroxylation is 1. The second-order valence-electron chi connectivity index (χ2n) is 3.85. The number of aliphatic hydroxyl groups is 1. The molecule has 17 heavy (non-hydrogen) atoms. The molecule has 0 saturated heterocycles. The van der Waals surface area contributed by atoms with E-state index >= 15 is 0 Å². The molecule has 3 heteroatoms. The fraction of sp³-hybridized carbons (Fsp3) is 0.214. The summed E-state index contributed by atoms with van der Waals surface area (Å²) in [7, 11) is 0. The topological polar surface area (TPSA) is 33.1 Å². The van der Waals surface area contributed by atoms with Crippen molar-refractivity contribution in [2.45, 2.75) is 19.4 Å². The molecule has 0 bridgehead atoms. The first-order chi connectivity index (χ1) is 8.24. The third kappa shape index (κ3) is 2.34. The average Bonchev–Trinajstić information content (AvgIpc) is 2.38. The highest BCUT2D eigenvalue weighted by molar-refractivity contribution is 5.34. The number of pyridine rings is 1. The third-order valence-electron chi connectivity index (χ3n) is 2.82. The highest BCUT2D eigenvalue weighted by atomic mass is 19.1. The van der Waals surface area contributed by atoms with Crippen molar-refractivity contribution < 1.29 is 9.50 Å². The van der Waals surface area contributed by atoms with Crippen molar-refractivity contribution >= 4 is 0 Å². The quantitative estimate of drug-likeness (QED) is 0.881. The molecule has 2 aromatic rings. The van der Waals surface area contributed by atoms with Gasteiger partial charge in [0.1, 0.15) is 11.9 Å². The smallest absolute Gasteiger partial charge is 0.129 e. The van der Waals surface area contributed by atoms with Gasteiger partial charge in [-0.1, -0.05) is 25.1 Å². The van der Waals surface area contributed by atoms with Gasteiger partial charge in [-0.15, -0.1) is 0 Å². The Morgan fingerprint density at radius 2 is 2.00 bits per heavy atom. The summed E-state index contributed by atoms with van der Waals surface area (Å²) in [5.74, 6) is -0.390. The van der Waals surface area contributed by atoms with Gasteiger partial charge in [0.15, 0.2) is 0 Å². The van der Waals surface area contributed by atoms with Crippen molar-refractivity contribution in [2.75, 3.05) is 0 Å². The number of hydrogen-bond acceptors (Lipinski definition) is 2. The normalized spacial score (nSPS) is 12.4. The van der Waals surface area contributed by atoms with Crippen LogP contribution in [-0.4, -0.2) is 10.1 Å². The zero-order valence-electron chi connectivity index (χ0n) is 9.60. The Hall–Kier alpha value is -1.74. The molecule has 0 aliphatic carbocycles. The first-order valence-corrected chi connectivity index (χ1v) is 5.59. The maximum absolute atomic E-state index is 13.6. The van der Waals surface area contributed by atoms with Crippen molar-refractivity contribution in [3.63, 3.8) is 0 Å². The van der Waals surface area contributed by atoms with E-state index in [0.717, 1.165) is 12.0 Å². The molecule has 1 heterocycles. The number of rotatable bonds is 3. The van der Waals surface area contributed by atoms with Gasteiger partial charge in [-0.3, -0.25) is 4.98 Å². The summed E-state index contributed by atoms with van der Waals surface area (Å²) in [5, 5.41) is 10.2. The molecule has 1 unspecified atom stereocenters. The van der Waals surface area contributed by atoms with E-state index in [2.05, 4.69) is 4.98 Å². The zero-order valence-corrected chi connectivity index (χ0v) is 9.60. The summed E-state index contributed by atoms with van der Waals surface area (Å²) in [6, 6.07) is 8.01. The summed E-state index contributed by atoms with van der Waals surface area (Å²) in [4.78, 5) is 4.01. The van der Waals surface area contributed by atoms with Crippen molar-refractivity contribution in [1.29, 1.82) is 0 Å². The Labute approximate surface area is 99.8 Å². The van der Waals surface area contributed by atoms with Crippen molar-refractivity contribution in [2.24, 2.45) is 0 Å². The first kappa shape index (κ1) is 11.7. The Kier molecular flexibility index (Phi) is 3.49. The monoisotopic (exact) mass is 231 g/mol. The van der Waals surface area contributed by atoms with Crippen molar-refractivity contribution in [1.82, 2.24) is 4.98 Å². The minimum absolute atomic E-state index is 0.299. The number of halogens is 1. The molecule has 0 amide bonds. The maximum Gasteiger partial charge on any atom is 0.129 e. The Balaban J connectivity index is 2.44. The molecule has 0 spiro atoms. The van der Waals surface area contributed by atoms with Gasteiger partial charge in [0.25, 0.3) is 0 Å². The summed E-state index contributed by atoms with van der Waals surface area (Å²) >= 11 is 0. The van der Waals surface area contributed by atoms with Gasteiger partial charge in [-0.25, -0.2) is 4.39 Å². The molecule has 1 aromatic carbocycles. The summed E-state index contributed by atoms with van der Waals surface area (Å²) in [5.41, 5.74) is 1.95. The van der Waals surface area contributed by atoms with Crippen LogP contribution < -0.4 is 0 Å². The fourth-order valence-corrected chi connectivity index (χ4v) is 1.86. The average molecular weight is 231 g/mol. The summed E-state index contributed by atoms with van der Waals surface area (Å²) in [6.07, 6.45) is 3.14. The van der Waals surface area contributed by atoms with Crippen LogP contribution in [0.1, 0.15) is 29.7 Å². The largest absolute Gasteiger partial charge is 0.384 e. The lowest BCUT2D eigenvalue weighted by atomic mass is 9.97. The van der Waals surface area contributed by atoms with Gasteiger partial charge < -0.3 is 5.11 Å². The van der Waals surface area contributed by atoms with E-state index in [1.807, 2.05) is 6.92 Å². The lowest BCUT2D eigenvalue weighted by molar-refractivity contribution is 0.213. The second kappa shape index (κ2) is 5.06. The fourth-order valence-electron chi connectivity index (χ4n) is 1.86. The van der Waals surface area contributed by atoms with E-state index in [9.17, 15) is 9.50 Å². The van der Waals surface area contributed by atoms with Crippen LogP contribution in [0.15, 0.2) is 42.7 Å². The number of aliphatic hydroxyl groups excluding tert-OH is 1. The third-order valence-corrected chi connectivity index (χ3v) is 2.82. The molecule has 0 fully saturated rings. The molecular formula is C14H14FNO. The number of aromatic nitrogens is 1. The molecule has 1 N–H and O–H groups in total. The number of hydrogen-bond donors (Lipinski definition) is 1. The van der Waals surface area contributed by atoms with Crippen molar-refractivity contribution in [3.8, 4) is 0 Å². The molecule has 0 radical (unpaired) electrons. The van der Waals surface area contributed by atoms with Gasteiger partial charge in [-0.05, 0) is 29.7 Å². The van der Waals surface area contributed by atoms with Crippen LogP contribution in [-0.2, 0) is 6.42 Å². The minimum atomic E-state index is -0.936. The van der Waals surface area contributed by atoms with Crippen LogP contribution in [0.4, 0.5) is 4.39 Å². The second-order valence-corrected chi connectivity index (χ2v) is 3.85. The van der Waals surface area contributed by atoms with Gasteiger partial charge >= 0.3 is 0 Å². The van der Waals surface area contributed by atoms with Crippen molar-refractivity contribution in [3.05, 3.63) is 65.2 Å². The van der Waals surface area contributed by atoms with Gasteiger partial charge in [0.2, 0.25) is 0 Å². The Morgan fingerprint density at radius 1 is 1.24 bits per heavy atom. The van der Waals surface area contributed by atoms with Gasteiger partial charge in [0, 0.05) is 18.0 Å². The maximum atomic E-state index is 13.6. The molecule has 0 aliphatic rings. The van der Waals surface area contributed by atoms with Crippen LogP contribution in [0.5, 0.6) is 0 Å². The molecule has 1 aromatic heterocycles. The predicted molar refractivity (Wildman–Crippen MR) is 64.1 cm³/mol. The van der Waals surface area contributed by atoms with Gasteiger partial charge in [0.05, 0.1) is 0 Å². The molecule has 88 valence electrons. The van der Waals surface area contributed by atoms with E-state index in [1.165, 1.54) is 6.07 Å². The minimum Gasteiger partial charge on any atom is -0.384 e. The molecule has 1 atom stereocenters. The molecule has 0 aliphatic heterocycles. The highest BCUT2D eigenvalue weighted by Gasteiger charge is 2.16. The first-order valence-electron chi connectivity index (χ1n) is 5.59. The van der Waals surface area contributed by atoms with Crippen LogP contribution in [0.2, 0.25) is 0 Å².